The van der Waals surface area contributed by atoms with Gasteiger partial charge in [-0.15, -0.1) is 0 Å². The summed E-state index contributed by atoms with van der Waals surface area (Å²) in [4.78, 5) is 0. The second kappa shape index (κ2) is 4.01. The molecule has 2 rings (SSSR count). The highest BCUT2D eigenvalue weighted by Gasteiger charge is 2.28. The van der Waals surface area contributed by atoms with Crippen LogP contribution in [0.15, 0.2) is 24.3 Å². The number of benzene rings is 1. The number of fused-ring (bicyclic) bond motifs is 1. The third kappa shape index (κ3) is 1.62. The van der Waals surface area contributed by atoms with Gasteiger partial charge in [0.2, 0.25) is 0 Å². The largest absolute Gasteiger partial charge is 0.493 e. The smallest absolute Gasteiger partial charge is 0.122 e. The Labute approximate surface area is 85.1 Å². The zero-order valence-electron chi connectivity index (χ0n) is 8.57. The van der Waals surface area contributed by atoms with E-state index in [0.29, 0.717) is 5.92 Å². The van der Waals surface area contributed by atoms with Gasteiger partial charge in [-0.1, -0.05) is 31.5 Å². The summed E-state index contributed by atoms with van der Waals surface area (Å²) >= 11 is 0. The Kier molecular flexibility index (Phi) is 2.73. The Morgan fingerprint density at radius 3 is 3.07 bits per heavy atom. The Balaban J connectivity index is 2.17. The van der Waals surface area contributed by atoms with Crippen LogP contribution in [0.2, 0.25) is 0 Å². The third-order valence-corrected chi connectivity index (χ3v) is 2.88. The third-order valence-electron chi connectivity index (χ3n) is 2.88. The molecular weight excluding hydrogens is 174 g/mol. The maximum absolute atomic E-state index is 6.12. The molecule has 0 amide bonds. The minimum absolute atomic E-state index is 0.239. The van der Waals surface area contributed by atoms with Gasteiger partial charge in [-0.25, -0.2) is 0 Å². The Hall–Kier alpha value is -1.02. The van der Waals surface area contributed by atoms with Crippen LogP contribution >= 0.6 is 0 Å². The van der Waals surface area contributed by atoms with E-state index in [0.717, 1.165) is 25.2 Å². The van der Waals surface area contributed by atoms with Crippen molar-refractivity contribution in [2.45, 2.75) is 31.7 Å². The van der Waals surface area contributed by atoms with Crippen molar-refractivity contribution in [3.05, 3.63) is 29.8 Å². The second-order valence-corrected chi connectivity index (χ2v) is 3.91. The molecule has 2 nitrogen and oxygen atoms in total. The van der Waals surface area contributed by atoms with Crippen molar-refractivity contribution in [3.8, 4) is 5.75 Å². The zero-order chi connectivity index (χ0) is 9.97. The topological polar surface area (TPSA) is 35.2 Å². The minimum atomic E-state index is 0.239. The van der Waals surface area contributed by atoms with Crippen LogP contribution in [-0.2, 0) is 0 Å². The minimum Gasteiger partial charge on any atom is -0.493 e. The summed E-state index contributed by atoms with van der Waals surface area (Å²) in [6.07, 6.45) is 2.21. The first kappa shape index (κ1) is 9.53. The highest BCUT2D eigenvalue weighted by molar-refractivity contribution is 5.40. The molecule has 2 N–H and O–H groups in total. The van der Waals surface area contributed by atoms with E-state index in [1.165, 1.54) is 5.56 Å². The maximum atomic E-state index is 6.12. The van der Waals surface area contributed by atoms with E-state index in [9.17, 15) is 0 Å². The van der Waals surface area contributed by atoms with Crippen molar-refractivity contribution >= 4 is 0 Å². The van der Waals surface area contributed by atoms with Crippen LogP contribution in [0.3, 0.4) is 0 Å². The first-order chi connectivity index (χ1) is 6.83. The van der Waals surface area contributed by atoms with Gasteiger partial charge in [0.15, 0.2) is 0 Å². The van der Waals surface area contributed by atoms with E-state index < -0.39 is 0 Å². The monoisotopic (exact) mass is 191 g/mol. The number of para-hydroxylation sites is 1. The average Bonchev–Trinajstić information content (AvgIpc) is 2.61. The Morgan fingerprint density at radius 1 is 1.50 bits per heavy atom. The number of ether oxygens (including phenoxy) is 1. The molecule has 0 radical (unpaired) electrons. The number of hydrogen-bond acceptors (Lipinski definition) is 2. The van der Waals surface area contributed by atoms with Crippen molar-refractivity contribution in [2.75, 3.05) is 6.61 Å². The molecule has 1 aromatic carbocycles. The summed E-state index contributed by atoms with van der Waals surface area (Å²) in [6, 6.07) is 8.45. The van der Waals surface area contributed by atoms with Gasteiger partial charge in [-0.3, -0.25) is 0 Å². The van der Waals surface area contributed by atoms with Crippen LogP contribution in [0.4, 0.5) is 0 Å². The summed E-state index contributed by atoms with van der Waals surface area (Å²) in [5.41, 5.74) is 7.41. The summed E-state index contributed by atoms with van der Waals surface area (Å²) in [6.45, 7) is 2.92. The lowest BCUT2D eigenvalue weighted by molar-refractivity contribution is 0.309. The highest BCUT2D eigenvalue weighted by atomic mass is 16.5. The lowest BCUT2D eigenvalue weighted by Gasteiger charge is -2.17. The standard InChI is InChI=1S/C12H17NO/c1-2-5-11(13)10-8-14-12-7-4-3-6-9(10)12/h3-4,6-7,10-11H,2,5,8,13H2,1H3. The molecular formula is C12H17NO. The maximum Gasteiger partial charge on any atom is 0.122 e. The molecule has 0 fully saturated rings. The molecule has 0 saturated carbocycles. The van der Waals surface area contributed by atoms with Gasteiger partial charge < -0.3 is 10.5 Å². The molecule has 0 saturated heterocycles. The Bertz CT molecular complexity index is 311. The molecule has 1 aliphatic heterocycles. The van der Waals surface area contributed by atoms with Crippen molar-refractivity contribution in [2.24, 2.45) is 5.73 Å². The molecule has 0 bridgehead atoms. The zero-order valence-corrected chi connectivity index (χ0v) is 8.57. The van der Waals surface area contributed by atoms with Gasteiger partial charge in [-0.2, -0.15) is 0 Å². The quantitative estimate of drug-likeness (QED) is 0.795. The van der Waals surface area contributed by atoms with Gasteiger partial charge in [0.25, 0.3) is 0 Å². The van der Waals surface area contributed by atoms with Gasteiger partial charge >= 0.3 is 0 Å². The molecule has 76 valence electrons. The SMILES string of the molecule is CCCC(N)C1COc2ccccc21. The van der Waals surface area contributed by atoms with Gasteiger partial charge in [0.1, 0.15) is 5.75 Å². The molecule has 2 unspecified atom stereocenters. The van der Waals surface area contributed by atoms with Crippen LogP contribution in [0, 0.1) is 0 Å². The predicted molar refractivity (Wildman–Crippen MR) is 57.6 cm³/mol. The average molecular weight is 191 g/mol. The van der Waals surface area contributed by atoms with Gasteiger partial charge in [0, 0.05) is 17.5 Å². The fraction of sp³-hybridized carbons (Fsp3) is 0.500. The lowest BCUT2D eigenvalue weighted by Crippen LogP contribution is -2.29. The van der Waals surface area contributed by atoms with Gasteiger partial charge in [-0.05, 0) is 12.5 Å². The molecule has 1 aliphatic rings. The highest BCUT2D eigenvalue weighted by Crippen LogP contribution is 2.35. The number of hydrogen-bond donors (Lipinski definition) is 1. The van der Waals surface area contributed by atoms with Crippen molar-refractivity contribution < 1.29 is 4.74 Å². The lowest BCUT2D eigenvalue weighted by atomic mass is 9.91. The van der Waals surface area contributed by atoms with Crippen LogP contribution in [0.5, 0.6) is 5.75 Å². The first-order valence-corrected chi connectivity index (χ1v) is 5.30. The van der Waals surface area contributed by atoms with Gasteiger partial charge in [0.05, 0.1) is 6.61 Å². The van der Waals surface area contributed by atoms with Crippen molar-refractivity contribution in [3.63, 3.8) is 0 Å². The summed E-state index contributed by atoms with van der Waals surface area (Å²) in [7, 11) is 0. The molecule has 14 heavy (non-hydrogen) atoms. The summed E-state index contributed by atoms with van der Waals surface area (Å²) in [5.74, 6) is 1.41. The molecule has 1 heterocycles. The number of nitrogens with two attached hydrogens (primary N) is 1. The molecule has 1 aromatic rings. The normalized spacial score (nSPS) is 21.4. The van der Waals surface area contributed by atoms with Crippen LogP contribution in [0.1, 0.15) is 31.2 Å². The van der Waals surface area contributed by atoms with E-state index in [1.54, 1.807) is 0 Å². The molecule has 0 aliphatic carbocycles. The fourth-order valence-electron chi connectivity index (χ4n) is 2.08. The van der Waals surface area contributed by atoms with Crippen LogP contribution in [-0.4, -0.2) is 12.6 Å². The van der Waals surface area contributed by atoms with Crippen LogP contribution in [0.25, 0.3) is 0 Å². The first-order valence-electron chi connectivity index (χ1n) is 5.30. The molecule has 0 spiro atoms. The van der Waals surface area contributed by atoms with Crippen molar-refractivity contribution in [1.82, 2.24) is 0 Å². The van der Waals surface area contributed by atoms with E-state index in [2.05, 4.69) is 19.1 Å². The van der Waals surface area contributed by atoms with E-state index in [-0.39, 0.29) is 6.04 Å². The van der Waals surface area contributed by atoms with Crippen LogP contribution < -0.4 is 10.5 Å². The summed E-state index contributed by atoms with van der Waals surface area (Å²) < 4.78 is 5.60. The number of rotatable bonds is 3. The molecule has 2 heteroatoms. The van der Waals surface area contributed by atoms with Crippen molar-refractivity contribution in [1.29, 1.82) is 0 Å². The van der Waals surface area contributed by atoms with E-state index >= 15 is 0 Å². The molecule has 2 atom stereocenters. The second-order valence-electron chi connectivity index (χ2n) is 3.91. The van der Waals surface area contributed by atoms with E-state index in [1.807, 2.05) is 12.1 Å². The summed E-state index contributed by atoms with van der Waals surface area (Å²) in [5, 5.41) is 0. The fourth-order valence-corrected chi connectivity index (χ4v) is 2.08. The Morgan fingerprint density at radius 2 is 2.29 bits per heavy atom. The molecule has 0 aromatic heterocycles. The van der Waals surface area contributed by atoms with E-state index in [4.69, 9.17) is 10.5 Å². The predicted octanol–water partition coefficient (Wildman–Crippen LogP) is 2.29.